The van der Waals surface area contributed by atoms with Gasteiger partial charge in [0.1, 0.15) is 18.3 Å². The van der Waals surface area contributed by atoms with Gasteiger partial charge in [0, 0.05) is 16.7 Å². The van der Waals surface area contributed by atoms with E-state index in [4.69, 9.17) is 14.2 Å². The molecule has 6 aromatic carbocycles. The average Bonchev–Trinajstić information content (AvgIpc) is 0.660. The molecule has 1 fully saturated rings. The van der Waals surface area contributed by atoms with Crippen LogP contribution in [0.5, 0.6) is 0 Å². The lowest BCUT2D eigenvalue weighted by Crippen LogP contribution is -2.91. The third-order valence-corrected chi connectivity index (χ3v) is 19.4. The number of Topliss-reactive ketones (excluding diaryl/α,β-unsaturated/α-hetero) is 3. The molecule has 0 aliphatic heterocycles. The lowest BCUT2D eigenvalue weighted by atomic mass is 9.52. The van der Waals surface area contributed by atoms with Crippen molar-refractivity contribution < 1.29 is 58.3 Å². The van der Waals surface area contributed by atoms with Crippen molar-refractivity contribution in [3.05, 3.63) is 212 Å². The Bertz CT molecular complexity index is 3210. The van der Waals surface area contributed by atoms with Crippen molar-refractivity contribution in [2.45, 2.75) is 269 Å². The Morgan fingerprint density at radius 3 is 0.688 bits per heavy atom. The molecule has 1 aliphatic carbocycles. The maximum Gasteiger partial charge on any atom is 0.339 e. The molecular formula is C84H108O12. The van der Waals surface area contributed by atoms with Gasteiger partial charge in [-0.1, -0.05) is 266 Å². The van der Waals surface area contributed by atoms with E-state index in [1.54, 1.807) is 72.8 Å². The summed E-state index contributed by atoms with van der Waals surface area (Å²) in [6, 6.07) is 37.7. The van der Waals surface area contributed by atoms with Crippen molar-refractivity contribution in [3.63, 3.8) is 0 Å². The summed E-state index contributed by atoms with van der Waals surface area (Å²) in [5.74, 6) is -8.41. The molecule has 6 atom stereocenters. The van der Waals surface area contributed by atoms with E-state index in [2.05, 4.69) is 41.5 Å². The van der Waals surface area contributed by atoms with Crippen LogP contribution in [0, 0.1) is 0 Å². The summed E-state index contributed by atoms with van der Waals surface area (Å²) in [5, 5.41) is 40.5. The number of carbonyl (C=O) groups excluding carboxylic acids is 6. The smallest absolute Gasteiger partial charge is 0.339 e. The van der Waals surface area contributed by atoms with Crippen LogP contribution < -0.4 is 0 Å². The van der Waals surface area contributed by atoms with Gasteiger partial charge in [0.2, 0.25) is 17.3 Å². The van der Waals surface area contributed by atoms with E-state index >= 15 is 28.8 Å². The minimum Gasteiger partial charge on any atom is -0.439 e. The standard InChI is InChI=1S/C84H108O12/c1-7-13-19-25-31-61-37-49-67(50-38-61)74(86)82(94-79(91)70-55-43-64(44-56-70)34-28-22-16-10-4)77(89)73(85)78(90)83(75(87)68-51-39-62(40-52-68)32-26-20-14-8-2,95-80(92)71-57-45-65(46-58-71)35-29-23-17-11-5)84(82,76(88)69-53-41-63(42-54-69)33-27-21-15-9-3)96-81(93)72-59-47-66(48-60-72)36-30-24-18-12-6/h37-60,73,77-78,85,89-90H,7-36H2,1-6H3/t73?,77-,78+,82+,83-,84?. The normalized spacial score (nSPS) is 19.2. The topological polar surface area (TPSA) is 191 Å². The summed E-state index contributed by atoms with van der Waals surface area (Å²) in [4.78, 5) is 100. The molecule has 1 aliphatic rings. The number of aliphatic hydroxyl groups excluding tert-OH is 3. The fourth-order valence-electron chi connectivity index (χ4n) is 13.5. The van der Waals surface area contributed by atoms with Crippen LogP contribution in [0.25, 0.3) is 0 Å². The third-order valence-electron chi connectivity index (χ3n) is 19.4. The van der Waals surface area contributed by atoms with E-state index in [1.165, 1.54) is 72.8 Å². The van der Waals surface area contributed by atoms with Crippen LogP contribution in [-0.4, -0.2) is 85.7 Å². The van der Waals surface area contributed by atoms with Crippen molar-refractivity contribution in [1.82, 2.24) is 0 Å². The van der Waals surface area contributed by atoms with E-state index in [1.807, 2.05) is 0 Å². The molecule has 0 spiro atoms. The third kappa shape index (κ3) is 18.8. The van der Waals surface area contributed by atoms with Crippen LogP contribution in [0.2, 0.25) is 0 Å². The number of rotatable bonds is 42. The van der Waals surface area contributed by atoms with E-state index in [0.717, 1.165) is 187 Å². The molecule has 0 radical (unpaired) electrons. The summed E-state index contributed by atoms with van der Waals surface area (Å²) < 4.78 is 20.6. The molecule has 12 heteroatoms. The molecule has 0 bridgehead atoms. The summed E-state index contributed by atoms with van der Waals surface area (Å²) in [5.41, 5.74) is -8.21. The van der Waals surface area contributed by atoms with Gasteiger partial charge in [-0.15, -0.1) is 0 Å². The lowest BCUT2D eigenvalue weighted by molar-refractivity contribution is -0.293. The first-order chi connectivity index (χ1) is 46.6. The van der Waals surface area contributed by atoms with Crippen LogP contribution in [-0.2, 0) is 52.7 Å². The van der Waals surface area contributed by atoms with E-state index in [9.17, 15) is 15.3 Å². The number of aryl methyl sites for hydroxylation is 6. The van der Waals surface area contributed by atoms with Crippen molar-refractivity contribution in [2.24, 2.45) is 0 Å². The highest BCUT2D eigenvalue weighted by Gasteiger charge is 2.88. The van der Waals surface area contributed by atoms with E-state index in [-0.39, 0.29) is 33.4 Å². The summed E-state index contributed by atoms with van der Waals surface area (Å²) in [6.07, 6.45) is 18.3. The summed E-state index contributed by atoms with van der Waals surface area (Å²) in [6.45, 7) is 12.7. The van der Waals surface area contributed by atoms with Gasteiger partial charge < -0.3 is 29.5 Å². The molecule has 7 rings (SSSR count). The highest BCUT2D eigenvalue weighted by Crippen LogP contribution is 2.56. The minimum atomic E-state index is -4.01. The van der Waals surface area contributed by atoms with Crippen molar-refractivity contribution in [3.8, 4) is 0 Å². The van der Waals surface area contributed by atoms with E-state index in [0.29, 0.717) is 38.5 Å². The molecule has 0 heterocycles. The van der Waals surface area contributed by atoms with Gasteiger partial charge in [0.25, 0.3) is 16.8 Å². The number of unbranched alkanes of at least 4 members (excludes halogenated alkanes) is 18. The van der Waals surface area contributed by atoms with Crippen LogP contribution in [0.1, 0.15) is 291 Å². The monoisotopic (exact) mass is 1310 g/mol. The summed E-state index contributed by atoms with van der Waals surface area (Å²) >= 11 is 0. The molecule has 2 unspecified atom stereocenters. The average molecular weight is 1310 g/mol. The number of aliphatic hydroxyl groups is 3. The van der Waals surface area contributed by atoms with Crippen LogP contribution in [0.4, 0.5) is 0 Å². The zero-order chi connectivity index (χ0) is 68.9. The number of hydrogen-bond acceptors (Lipinski definition) is 12. The quantitative estimate of drug-likeness (QED) is 0.0142. The second-order valence-corrected chi connectivity index (χ2v) is 26.7. The Kier molecular flexibility index (Phi) is 30.5. The van der Waals surface area contributed by atoms with Gasteiger partial charge >= 0.3 is 17.9 Å². The maximum atomic E-state index is 17.6. The first-order valence-corrected chi connectivity index (χ1v) is 36.5. The highest BCUT2D eigenvalue weighted by atomic mass is 16.7. The fraction of sp³-hybridized carbons (Fsp3) is 0.500. The molecule has 0 saturated heterocycles. The number of ketones is 3. The second kappa shape index (κ2) is 38.5. The minimum absolute atomic E-state index is 0.192. The number of ether oxygens (including phenoxy) is 3. The van der Waals surface area contributed by atoms with Crippen LogP contribution in [0.3, 0.4) is 0 Å². The highest BCUT2D eigenvalue weighted by molar-refractivity contribution is 6.21. The maximum absolute atomic E-state index is 17.6. The second-order valence-electron chi connectivity index (χ2n) is 26.7. The summed E-state index contributed by atoms with van der Waals surface area (Å²) in [7, 11) is 0. The molecule has 0 aromatic heterocycles. The van der Waals surface area contributed by atoms with Gasteiger partial charge in [-0.05, 0) is 147 Å². The van der Waals surface area contributed by atoms with Gasteiger partial charge in [-0.3, -0.25) is 14.4 Å². The zero-order valence-corrected chi connectivity index (χ0v) is 58.3. The predicted octanol–water partition coefficient (Wildman–Crippen LogP) is 18.3. The molecule has 1 saturated carbocycles. The van der Waals surface area contributed by atoms with Crippen LogP contribution in [0.15, 0.2) is 146 Å². The van der Waals surface area contributed by atoms with Gasteiger partial charge in [-0.25, -0.2) is 14.4 Å². The Balaban J connectivity index is 1.62. The first kappa shape index (κ1) is 76.0. The Morgan fingerprint density at radius 1 is 0.271 bits per heavy atom. The SMILES string of the molecule is CCCCCCc1ccc(C(=O)OC2(C(=O)c3ccc(CCCCCC)cc3)[C@@](OC(=O)c3ccc(CCCCCC)cc3)(C(=O)c3ccc(CCCCCC)cc3)[C@@H](O)C(O)[C@@H](O)[C@@]2(OC(=O)c2ccc(CCCCCC)cc2)C(=O)c2ccc(CCCCCC)cc2)cc1. The number of esters is 3. The predicted molar refractivity (Wildman–Crippen MR) is 381 cm³/mol. The van der Waals surface area contributed by atoms with Crippen LogP contribution >= 0.6 is 0 Å². The molecular weight excluding hydrogens is 1200 g/mol. The molecule has 6 aromatic rings. The Hall–Kier alpha value is -7.38. The van der Waals surface area contributed by atoms with Crippen molar-refractivity contribution in [1.29, 1.82) is 0 Å². The van der Waals surface area contributed by atoms with Gasteiger partial charge in [0.05, 0.1) is 16.7 Å². The lowest BCUT2D eigenvalue weighted by Gasteiger charge is -2.60. The number of carbonyl (C=O) groups is 6. The Morgan fingerprint density at radius 2 is 0.469 bits per heavy atom. The first-order valence-electron chi connectivity index (χ1n) is 36.5. The molecule has 516 valence electrons. The number of hydrogen-bond donors (Lipinski definition) is 3. The fourth-order valence-corrected chi connectivity index (χ4v) is 13.5. The zero-order valence-electron chi connectivity index (χ0n) is 58.3. The van der Waals surface area contributed by atoms with Crippen molar-refractivity contribution in [2.75, 3.05) is 0 Å². The largest absolute Gasteiger partial charge is 0.439 e. The van der Waals surface area contributed by atoms with Gasteiger partial charge in [-0.2, -0.15) is 0 Å². The van der Waals surface area contributed by atoms with Crippen molar-refractivity contribution >= 4 is 35.3 Å². The van der Waals surface area contributed by atoms with Gasteiger partial charge in [0.15, 0.2) is 0 Å². The molecule has 96 heavy (non-hydrogen) atoms. The van der Waals surface area contributed by atoms with E-state index < -0.39 is 70.4 Å². The molecule has 12 nitrogen and oxygen atoms in total. The Labute approximate surface area is 572 Å². The number of benzene rings is 6. The molecule has 0 amide bonds. The molecule has 3 N–H and O–H groups in total.